The summed E-state index contributed by atoms with van der Waals surface area (Å²) in [6, 6.07) is 11.4. The monoisotopic (exact) mass is 513 g/mol. The maximum atomic E-state index is 13.3. The van der Waals surface area contributed by atoms with Crippen molar-refractivity contribution in [3.63, 3.8) is 0 Å². The highest BCUT2D eigenvalue weighted by Gasteiger charge is 2.41. The maximum Gasteiger partial charge on any atom is 0.264 e. The highest BCUT2D eigenvalue weighted by atomic mass is 35.5. The van der Waals surface area contributed by atoms with Gasteiger partial charge in [-0.05, 0) is 86.9 Å². The number of carbonyl (C=O) groups excluding carboxylic acids is 1. The van der Waals surface area contributed by atoms with Crippen molar-refractivity contribution < 1.29 is 14.6 Å². The first-order valence-electron chi connectivity index (χ1n) is 11.4. The molecule has 0 saturated heterocycles. The van der Waals surface area contributed by atoms with Gasteiger partial charge < -0.3 is 20.9 Å². The van der Waals surface area contributed by atoms with Gasteiger partial charge in [0.25, 0.3) is 5.91 Å². The summed E-state index contributed by atoms with van der Waals surface area (Å²) in [7, 11) is 0. The molecule has 186 valence electrons. The average Bonchev–Trinajstić information content (AvgIpc) is 3.37. The molecule has 4 N–H and O–H groups in total. The SMILES string of the molecule is Cc1c(C)c2c(c(C)c1O)CCC(C)(C(=O)NC(C)c1ccc(N=C(N)c3cccs3)cc1)O2.Cl. The van der Waals surface area contributed by atoms with Crippen LogP contribution in [0.5, 0.6) is 11.5 Å². The van der Waals surface area contributed by atoms with Crippen LogP contribution >= 0.6 is 23.7 Å². The van der Waals surface area contributed by atoms with Gasteiger partial charge in [-0.15, -0.1) is 23.7 Å². The number of benzene rings is 2. The number of nitrogens with zero attached hydrogens (tertiary/aromatic N) is 1. The summed E-state index contributed by atoms with van der Waals surface area (Å²) < 4.78 is 6.31. The number of carbonyl (C=O) groups is 1. The maximum absolute atomic E-state index is 13.3. The third-order valence-electron chi connectivity index (χ3n) is 6.76. The summed E-state index contributed by atoms with van der Waals surface area (Å²) in [5.74, 6) is 1.36. The van der Waals surface area contributed by atoms with Crippen LogP contribution in [0.2, 0.25) is 0 Å². The van der Waals surface area contributed by atoms with Gasteiger partial charge in [-0.1, -0.05) is 18.2 Å². The molecule has 1 amide bonds. The predicted molar refractivity (Wildman–Crippen MR) is 145 cm³/mol. The highest BCUT2D eigenvalue weighted by molar-refractivity contribution is 7.12. The Morgan fingerprint density at radius 1 is 1.17 bits per heavy atom. The van der Waals surface area contributed by atoms with Crippen LogP contribution in [0.15, 0.2) is 46.8 Å². The molecule has 0 spiro atoms. The topological polar surface area (TPSA) is 96.9 Å². The van der Waals surface area contributed by atoms with Crippen LogP contribution < -0.4 is 15.8 Å². The lowest BCUT2D eigenvalue weighted by Crippen LogP contribution is -2.51. The highest BCUT2D eigenvalue weighted by Crippen LogP contribution is 2.43. The summed E-state index contributed by atoms with van der Waals surface area (Å²) in [5.41, 5.74) is 10.3. The molecular weight excluding hydrogens is 482 g/mol. The van der Waals surface area contributed by atoms with Gasteiger partial charge in [0.15, 0.2) is 5.60 Å². The van der Waals surface area contributed by atoms with Gasteiger partial charge in [0.2, 0.25) is 0 Å². The lowest BCUT2D eigenvalue weighted by Gasteiger charge is -2.37. The summed E-state index contributed by atoms with van der Waals surface area (Å²) in [6.07, 6.45) is 1.21. The molecule has 6 nitrogen and oxygen atoms in total. The van der Waals surface area contributed by atoms with E-state index < -0.39 is 5.60 Å². The first kappa shape index (κ1) is 26.6. The third-order valence-corrected chi connectivity index (χ3v) is 7.66. The average molecular weight is 514 g/mol. The molecule has 2 heterocycles. The Kier molecular flexibility index (Phi) is 7.82. The van der Waals surface area contributed by atoms with Crippen LogP contribution in [-0.4, -0.2) is 22.5 Å². The fourth-order valence-corrected chi connectivity index (χ4v) is 4.92. The summed E-state index contributed by atoms with van der Waals surface area (Å²) >= 11 is 1.55. The molecule has 3 aromatic rings. The van der Waals surface area contributed by atoms with Gasteiger partial charge in [-0.25, -0.2) is 4.99 Å². The number of nitrogens with two attached hydrogens (primary N) is 1. The number of thiophene rings is 1. The molecule has 8 heteroatoms. The molecule has 1 aliphatic rings. The molecule has 2 unspecified atom stereocenters. The van der Waals surface area contributed by atoms with Crippen LogP contribution in [0.3, 0.4) is 0 Å². The number of halogens is 1. The Balaban J connectivity index is 0.00000342. The molecule has 0 fully saturated rings. The zero-order valence-electron chi connectivity index (χ0n) is 20.6. The zero-order chi connectivity index (χ0) is 24.6. The minimum atomic E-state index is -0.985. The van der Waals surface area contributed by atoms with Crippen molar-refractivity contribution in [1.82, 2.24) is 5.32 Å². The number of aliphatic imine (C=N–C) groups is 1. The van der Waals surface area contributed by atoms with Crippen molar-refractivity contribution in [3.05, 3.63) is 74.5 Å². The molecule has 2 aromatic carbocycles. The molecule has 0 saturated carbocycles. The summed E-state index contributed by atoms with van der Waals surface area (Å²) in [5, 5.41) is 15.5. The Labute approximate surface area is 216 Å². The van der Waals surface area contributed by atoms with E-state index in [-0.39, 0.29) is 24.4 Å². The number of aromatic hydroxyl groups is 1. The molecule has 4 rings (SSSR count). The standard InChI is InChI=1S/C27H31N3O3S.ClH/c1-15-16(2)24-21(17(3)23(15)31)12-13-27(5,33-24)26(32)29-18(4)19-8-10-20(11-9-19)30-25(28)22-7-6-14-34-22;/h6-11,14,18,31H,12-13H2,1-5H3,(H2,28,30)(H,29,32);1H. The van der Waals surface area contributed by atoms with Crippen molar-refractivity contribution in [2.75, 3.05) is 0 Å². The third kappa shape index (κ3) is 5.16. The number of phenolic OH excluding ortho intramolecular Hbond substituents is 1. The van der Waals surface area contributed by atoms with Crippen LogP contribution in [0.4, 0.5) is 5.69 Å². The van der Waals surface area contributed by atoms with E-state index in [4.69, 9.17) is 10.5 Å². The summed E-state index contributed by atoms with van der Waals surface area (Å²) in [6.45, 7) is 9.48. The van der Waals surface area contributed by atoms with Crippen LogP contribution in [0.1, 0.15) is 59.0 Å². The van der Waals surface area contributed by atoms with E-state index in [1.54, 1.807) is 11.3 Å². The number of fused-ring (bicyclic) bond motifs is 1. The normalized spacial score (nSPS) is 18.1. The molecule has 0 radical (unpaired) electrons. The number of phenols is 1. The van der Waals surface area contributed by atoms with E-state index in [1.165, 1.54) is 0 Å². The molecule has 0 aliphatic carbocycles. The van der Waals surface area contributed by atoms with E-state index in [2.05, 4.69) is 10.3 Å². The number of amidine groups is 1. The van der Waals surface area contributed by atoms with Crippen molar-refractivity contribution in [2.45, 2.75) is 59.1 Å². The lowest BCUT2D eigenvalue weighted by molar-refractivity contribution is -0.137. The fraction of sp³-hybridized carbons (Fsp3) is 0.333. The van der Waals surface area contributed by atoms with E-state index in [9.17, 15) is 9.90 Å². The van der Waals surface area contributed by atoms with Gasteiger partial charge in [0.1, 0.15) is 17.3 Å². The summed E-state index contributed by atoms with van der Waals surface area (Å²) in [4.78, 5) is 18.7. The van der Waals surface area contributed by atoms with E-state index >= 15 is 0 Å². The quantitative estimate of drug-likeness (QED) is 0.297. The smallest absolute Gasteiger partial charge is 0.264 e. The Morgan fingerprint density at radius 2 is 1.86 bits per heavy atom. The van der Waals surface area contributed by atoms with Crippen molar-refractivity contribution in [3.8, 4) is 11.5 Å². The van der Waals surface area contributed by atoms with Gasteiger partial charge in [0.05, 0.1) is 16.6 Å². The molecule has 0 bridgehead atoms. The molecule has 2 atom stereocenters. The van der Waals surface area contributed by atoms with Gasteiger partial charge in [-0.2, -0.15) is 0 Å². The first-order chi connectivity index (χ1) is 16.1. The van der Waals surface area contributed by atoms with Crippen LogP contribution in [0, 0.1) is 20.8 Å². The van der Waals surface area contributed by atoms with Crippen molar-refractivity contribution in [1.29, 1.82) is 0 Å². The van der Waals surface area contributed by atoms with Gasteiger partial charge in [-0.3, -0.25) is 4.79 Å². The molecular formula is C27H32ClN3O3S. The molecule has 1 aromatic heterocycles. The second kappa shape index (κ2) is 10.3. The van der Waals surface area contributed by atoms with Crippen molar-refractivity contribution >= 4 is 41.2 Å². The molecule has 1 aliphatic heterocycles. The first-order valence-corrected chi connectivity index (χ1v) is 12.3. The number of hydrogen-bond donors (Lipinski definition) is 3. The fourth-order valence-electron chi connectivity index (χ4n) is 4.30. The van der Waals surface area contributed by atoms with E-state index in [0.717, 1.165) is 44.1 Å². The van der Waals surface area contributed by atoms with E-state index in [1.807, 2.05) is 76.4 Å². The molecule has 35 heavy (non-hydrogen) atoms. The van der Waals surface area contributed by atoms with Gasteiger partial charge >= 0.3 is 0 Å². The minimum absolute atomic E-state index is 0. The Hall–Kier alpha value is -3.03. The Bertz CT molecular complexity index is 1260. The number of amides is 1. The van der Waals surface area contributed by atoms with Gasteiger partial charge in [0, 0.05) is 12.0 Å². The largest absolute Gasteiger partial charge is 0.507 e. The Morgan fingerprint density at radius 3 is 2.49 bits per heavy atom. The minimum Gasteiger partial charge on any atom is -0.507 e. The number of rotatable bonds is 5. The number of ether oxygens (including phenoxy) is 1. The lowest BCUT2D eigenvalue weighted by atomic mass is 9.86. The van der Waals surface area contributed by atoms with Crippen LogP contribution in [-0.2, 0) is 11.2 Å². The predicted octanol–water partition coefficient (Wildman–Crippen LogP) is 5.80. The van der Waals surface area contributed by atoms with Crippen LogP contribution in [0.25, 0.3) is 0 Å². The zero-order valence-corrected chi connectivity index (χ0v) is 22.3. The van der Waals surface area contributed by atoms with Crippen molar-refractivity contribution in [2.24, 2.45) is 10.7 Å². The van der Waals surface area contributed by atoms with E-state index in [0.29, 0.717) is 24.4 Å². The number of hydrogen-bond acceptors (Lipinski definition) is 5. The number of nitrogens with one attached hydrogen (secondary N) is 1. The second-order valence-electron chi connectivity index (χ2n) is 9.13. The second-order valence-corrected chi connectivity index (χ2v) is 10.1.